The van der Waals surface area contributed by atoms with Gasteiger partial charge in [-0.2, -0.15) is 0 Å². The van der Waals surface area contributed by atoms with Gasteiger partial charge in [-0.3, -0.25) is 4.79 Å². The summed E-state index contributed by atoms with van der Waals surface area (Å²) in [6.45, 7) is 0. The Morgan fingerprint density at radius 3 is 2.47 bits per heavy atom. The Hall–Kier alpha value is -2.68. The molecule has 168 valence electrons. The number of benzene rings is 2. The average molecular weight is 471 g/mol. The van der Waals surface area contributed by atoms with Crippen LogP contribution >= 0.6 is 11.3 Å². The topological polar surface area (TPSA) is 84.5 Å². The summed E-state index contributed by atoms with van der Waals surface area (Å²) in [4.78, 5) is 14.2. The summed E-state index contributed by atoms with van der Waals surface area (Å²) in [6, 6.07) is 17.7. The smallest absolute Gasteiger partial charge is 0.252 e. The molecule has 1 atom stereocenters. The normalized spacial score (nSPS) is 15.4. The largest absolute Gasteiger partial charge is 0.495 e. The molecule has 1 unspecified atom stereocenters. The van der Waals surface area contributed by atoms with Crippen molar-refractivity contribution in [3.8, 4) is 5.75 Å². The molecular formula is C24H26N2O4S2. The molecule has 2 aromatic carbocycles. The zero-order chi connectivity index (χ0) is 22.6. The van der Waals surface area contributed by atoms with Crippen molar-refractivity contribution < 1.29 is 17.9 Å². The average Bonchev–Trinajstić information content (AvgIpc) is 3.51. The fraction of sp³-hybridized carbons (Fsp3) is 0.292. The van der Waals surface area contributed by atoms with Crippen LogP contribution < -0.4 is 14.8 Å². The van der Waals surface area contributed by atoms with Gasteiger partial charge in [-0.25, -0.2) is 13.1 Å². The lowest BCUT2D eigenvalue weighted by Gasteiger charge is -2.19. The number of hydrogen-bond donors (Lipinski definition) is 2. The number of sulfonamides is 1. The number of nitrogens with one attached hydrogen (secondary N) is 2. The van der Waals surface area contributed by atoms with E-state index < -0.39 is 10.0 Å². The minimum Gasteiger partial charge on any atom is -0.495 e. The summed E-state index contributed by atoms with van der Waals surface area (Å²) in [5.74, 6) is -0.142. The number of methoxy groups -OCH3 is 1. The second-order valence-electron chi connectivity index (χ2n) is 7.80. The third kappa shape index (κ3) is 5.03. The van der Waals surface area contributed by atoms with Crippen molar-refractivity contribution >= 4 is 27.3 Å². The molecule has 3 aromatic rings. The molecule has 1 aliphatic carbocycles. The van der Waals surface area contributed by atoms with E-state index in [1.165, 1.54) is 19.2 Å². The molecule has 2 N–H and O–H groups in total. The summed E-state index contributed by atoms with van der Waals surface area (Å²) in [7, 11) is -2.40. The van der Waals surface area contributed by atoms with E-state index in [9.17, 15) is 13.2 Å². The van der Waals surface area contributed by atoms with Gasteiger partial charge in [0.15, 0.2) is 0 Å². The summed E-state index contributed by atoms with van der Waals surface area (Å²) < 4.78 is 34.2. The molecule has 1 fully saturated rings. The van der Waals surface area contributed by atoms with Crippen molar-refractivity contribution in [2.45, 2.75) is 42.7 Å². The molecule has 4 rings (SSSR count). The lowest BCUT2D eigenvalue weighted by Crippen LogP contribution is -2.33. The highest BCUT2D eigenvalue weighted by atomic mass is 32.2. The molecule has 1 aliphatic rings. The Balaban J connectivity index is 1.62. The number of rotatable bonds is 8. The van der Waals surface area contributed by atoms with Crippen LogP contribution in [-0.2, 0) is 10.0 Å². The Morgan fingerprint density at radius 1 is 1.06 bits per heavy atom. The van der Waals surface area contributed by atoms with E-state index in [0.717, 1.165) is 36.1 Å². The first-order chi connectivity index (χ1) is 15.5. The highest BCUT2D eigenvalue weighted by Crippen LogP contribution is 2.29. The van der Waals surface area contributed by atoms with Gasteiger partial charge in [0.1, 0.15) is 10.6 Å². The molecule has 1 heterocycles. The first-order valence-electron chi connectivity index (χ1n) is 10.6. The second-order valence-corrected chi connectivity index (χ2v) is 10.5. The molecule has 1 aromatic heterocycles. The zero-order valence-corrected chi connectivity index (χ0v) is 19.4. The van der Waals surface area contributed by atoms with Gasteiger partial charge in [-0.1, -0.05) is 49.2 Å². The Kier molecular flexibility index (Phi) is 6.93. The Labute approximate surface area is 192 Å². The summed E-state index contributed by atoms with van der Waals surface area (Å²) >= 11 is 1.55. The summed E-state index contributed by atoms with van der Waals surface area (Å²) in [5, 5.41) is 5.02. The Morgan fingerprint density at radius 2 is 1.81 bits per heavy atom. The maximum atomic E-state index is 13.2. The highest BCUT2D eigenvalue weighted by Gasteiger charge is 2.27. The van der Waals surface area contributed by atoms with Crippen molar-refractivity contribution in [3.63, 3.8) is 0 Å². The van der Waals surface area contributed by atoms with Crippen LogP contribution in [0.5, 0.6) is 5.75 Å². The van der Waals surface area contributed by atoms with Gasteiger partial charge in [0.2, 0.25) is 10.0 Å². The second kappa shape index (κ2) is 9.85. The minimum absolute atomic E-state index is 0.0214. The predicted molar refractivity (Wildman–Crippen MR) is 126 cm³/mol. The van der Waals surface area contributed by atoms with Crippen LogP contribution in [0.15, 0.2) is 70.9 Å². The van der Waals surface area contributed by atoms with E-state index in [0.29, 0.717) is 0 Å². The third-order valence-electron chi connectivity index (χ3n) is 5.63. The number of thiophene rings is 1. The zero-order valence-electron chi connectivity index (χ0n) is 17.8. The predicted octanol–water partition coefficient (Wildman–Crippen LogP) is 4.50. The molecule has 6 nitrogen and oxygen atoms in total. The fourth-order valence-electron chi connectivity index (χ4n) is 3.99. The molecule has 0 saturated heterocycles. The van der Waals surface area contributed by atoms with Crippen LogP contribution in [0, 0.1) is 0 Å². The van der Waals surface area contributed by atoms with E-state index >= 15 is 0 Å². The molecular weight excluding hydrogens is 444 g/mol. The molecule has 8 heteroatoms. The van der Waals surface area contributed by atoms with Crippen LogP contribution in [0.2, 0.25) is 0 Å². The molecule has 32 heavy (non-hydrogen) atoms. The minimum atomic E-state index is -3.82. The van der Waals surface area contributed by atoms with Crippen LogP contribution in [-0.4, -0.2) is 27.5 Å². The molecule has 1 amide bonds. The number of amides is 1. The van der Waals surface area contributed by atoms with E-state index in [2.05, 4.69) is 10.0 Å². The molecule has 1 saturated carbocycles. The highest BCUT2D eigenvalue weighted by molar-refractivity contribution is 7.89. The lowest BCUT2D eigenvalue weighted by atomic mass is 10.0. The fourth-order valence-corrected chi connectivity index (χ4v) is 6.29. The lowest BCUT2D eigenvalue weighted by molar-refractivity contribution is 0.0943. The van der Waals surface area contributed by atoms with Crippen molar-refractivity contribution in [1.82, 2.24) is 10.0 Å². The first kappa shape index (κ1) is 22.5. The summed E-state index contributed by atoms with van der Waals surface area (Å²) in [6.07, 6.45) is 3.66. The monoisotopic (exact) mass is 470 g/mol. The van der Waals surface area contributed by atoms with Gasteiger partial charge in [0, 0.05) is 16.5 Å². The van der Waals surface area contributed by atoms with Crippen molar-refractivity contribution in [2.24, 2.45) is 0 Å². The number of ether oxygens (including phenoxy) is 1. The van der Waals surface area contributed by atoms with Gasteiger partial charge in [0.25, 0.3) is 5.91 Å². The van der Waals surface area contributed by atoms with Crippen molar-refractivity contribution in [2.75, 3.05) is 7.11 Å². The Bertz CT molecular complexity index is 1160. The van der Waals surface area contributed by atoms with Crippen molar-refractivity contribution in [1.29, 1.82) is 0 Å². The number of carbonyl (C=O) groups excluding carboxylic acids is 1. The molecule has 0 aliphatic heterocycles. The maximum Gasteiger partial charge on any atom is 0.252 e. The molecule has 0 radical (unpaired) electrons. The number of hydrogen-bond acceptors (Lipinski definition) is 5. The number of carbonyl (C=O) groups is 1. The van der Waals surface area contributed by atoms with Crippen LogP contribution in [0.3, 0.4) is 0 Å². The van der Waals surface area contributed by atoms with E-state index in [1.54, 1.807) is 17.4 Å². The van der Waals surface area contributed by atoms with Crippen LogP contribution in [0.4, 0.5) is 0 Å². The third-order valence-corrected chi connectivity index (χ3v) is 8.11. The molecule has 0 spiro atoms. The van der Waals surface area contributed by atoms with Crippen LogP contribution in [0.25, 0.3) is 0 Å². The van der Waals surface area contributed by atoms with Gasteiger partial charge >= 0.3 is 0 Å². The van der Waals surface area contributed by atoms with Gasteiger partial charge < -0.3 is 10.1 Å². The quantitative estimate of drug-likeness (QED) is 0.508. The SMILES string of the molecule is COc1ccc(C(=O)NC(c2ccccc2)c2cccs2)cc1S(=O)(=O)NC1CCCC1. The summed E-state index contributed by atoms with van der Waals surface area (Å²) in [5.41, 5.74) is 1.21. The standard InChI is InChI=1S/C24H26N2O4S2/c1-30-20-14-13-18(16-22(20)32(28,29)26-19-10-5-6-11-19)24(27)25-23(21-12-7-15-31-21)17-8-3-2-4-9-17/h2-4,7-9,12-16,19,23,26H,5-6,10-11H2,1H3,(H,25,27). The van der Waals surface area contributed by atoms with E-state index in [1.807, 2.05) is 47.8 Å². The van der Waals surface area contributed by atoms with E-state index in [-0.39, 0.29) is 34.2 Å². The van der Waals surface area contributed by atoms with E-state index in [4.69, 9.17) is 4.74 Å². The van der Waals surface area contributed by atoms with Crippen molar-refractivity contribution in [3.05, 3.63) is 82.0 Å². The van der Waals surface area contributed by atoms with Crippen LogP contribution in [0.1, 0.15) is 52.5 Å². The molecule has 0 bridgehead atoms. The van der Waals surface area contributed by atoms with Gasteiger partial charge in [0.05, 0.1) is 13.2 Å². The maximum absolute atomic E-state index is 13.2. The van der Waals surface area contributed by atoms with Gasteiger partial charge in [-0.05, 0) is 48.1 Å². The first-order valence-corrected chi connectivity index (χ1v) is 12.9. The van der Waals surface area contributed by atoms with Gasteiger partial charge in [-0.15, -0.1) is 11.3 Å².